The van der Waals surface area contributed by atoms with Gasteiger partial charge in [-0.3, -0.25) is 4.79 Å². The van der Waals surface area contributed by atoms with Gasteiger partial charge < -0.3 is 14.8 Å². The van der Waals surface area contributed by atoms with Crippen molar-refractivity contribution >= 4 is 21.9 Å². The van der Waals surface area contributed by atoms with Crippen LogP contribution in [0, 0.1) is 11.8 Å². The van der Waals surface area contributed by atoms with Crippen LogP contribution in [0.5, 0.6) is 5.75 Å². The third kappa shape index (κ3) is 5.93. The number of hydrogen-bond acceptors (Lipinski definition) is 6. The van der Waals surface area contributed by atoms with Gasteiger partial charge in [0, 0.05) is 19.0 Å². The first kappa shape index (κ1) is 23.2. The molecule has 0 aliphatic carbocycles. The van der Waals surface area contributed by atoms with Crippen LogP contribution in [0.3, 0.4) is 0 Å². The average molecular weight is 427 g/mol. The quantitative estimate of drug-likeness (QED) is 0.636. The van der Waals surface area contributed by atoms with Crippen molar-refractivity contribution in [3.63, 3.8) is 0 Å². The summed E-state index contributed by atoms with van der Waals surface area (Å²) in [6, 6.07) is 5.55. The van der Waals surface area contributed by atoms with Crippen LogP contribution in [-0.4, -0.2) is 58.0 Å². The Kier molecular flexibility index (Phi) is 8.04. The van der Waals surface area contributed by atoms with E-state index in [1.54, 1.807) is 12.1 Å². The number of benzene rings is 1. The van der Waals surface area contributed by atoms with Crippen molar-refractivity contribution in [3.8, 4) is 5.75 Å². The van der Waals surface area contributed by atoms with Gasteiger partial charge in [-0.1, -0.05) is 13.8 Å². The van der Waals surface area contributed by atoms with E-state index in [1.807, 2.05) is 13.8 Å². The van der Waals surface area contributed by atoms with Crippen molar-refractivity contribution < 1.29 is 27.5 Å². The summed E-state index contributed by atoms with van der Waals surface area (Å²) in [6.07, 6.45) is 1.29. The van der Waals surface area contributed by atoms with Crippen molar-refractivity contribution in [2.45, 2.75) is 44.0 Å². The highest BCUT2D eigenvalue weighted by molar-refractivity contribution is 7.89. The molecular formula is C20H30N2O6S. The molecule has 0 aromatic heterocycles. The van der Waals surface area contributed by atoms with E-state index in [4.69, 9.17) is 9.47 Å². The number of piperidine rings is 1. The molecule has 1 saturated heterocycles. The molecule has 29 heavy (non-hydrogen) atoms. The molecule has 0 saturated carbocycles. The van der Waals surface area contributed by atoms with E-state index in [1.165, 1.54) is 30.7 Å². The zero-order valence-corrected chi connectivity index (χ0v) is 18.2. The second kappa shape index (κ2) is 10.1. The first-order valence-corrected chi connectivity index (χ1v) is 11.2. The molecule has 162 valence electrons. The van der Waals surface area contributed by atoms with Gasteiger partial charge in [-0.25, -0.2) is 13.2 Å². The van der Waals surface area contributed by atoms with Crippen molar-refractivity contribution in [1.82, 2.24) is 9.62 Å². The third-order valence-electron chi connectivity index (χ3n) is 5.03. The largest absolute Gasteiger partial charge is 0.497 e. The zero-order chi connectivity index (χ0) is 21.6. The zero-order valence-electron chi connectivity index (χ0n) is 17.4. The molecule has 8 nitrogen and oxygen atoms in total. The average Bonchev–Trinajstić information content (AvgIpc) is 2.72. The molecule has 1 heterocycles. The summed E-state index contributed by atoms with van der Waals surface area (Å²) in [4.78, 5) is 24.7. The smallest absolute Gasteiger partial charge is 0.328 e. The summed E-state index contributed by atoms with van der Waals surface area (Å²) in [5, 5.41) is 2.77. The molecule has 1 unspecified atom stereocenters. The van der Waals surface area contributed by atoms with Crippen molar-refractivity contribution in [1.29, 1.82) is 0 Å². The molecule has 2 rings (SSSR count). The molecule has 0 radical (unpaired) electrons. The third-order valence-corrected chi connectivity index (χ3v) is 6.94. The number of ether oxygens (including phenoxy) is 2. The molecule has 0 spiro atoms. The number of nitrogens with one attached hydrogen (secondary N) is 1. The lowest BCUT2D eigenvalue weighted by Crippen LogP contribution is -2.48. The van der Waals surface area contributed by atoms with Crippen LogP contribution in [0.2, 0.25) is 0 Å². The maximum Gasteiger partial charge on any atom is 0.328 e. The molecule has 1 aliphatic heterocycles. The lowest BCUT2D eigenvalue weighted by molar-refractivity contribution is -0.146. The van der Waals surface area contributed by atoms with Gasteiger partial charge in [0.15, 0.2) is 0 Å². The van der Waals surface area contributed by atoms with Gasteiger partial charge in [0.1, 0.15) is 11.8 Å². The van der Waals surface area contributed by atoms with Crippen molar-refractivity contribution in [2.75, 3.05) is 27.3 Å². The first-order valence-electron chi connectivity index (χ1n) is 9.71. The molecule has 1 aromatic carbocycles. The summed E-state index contributed by atoms with van der Waals surface area (Å²) in [5.41, 5.74) is 0. The van der Waals surface area contributed by atoms with Gasteiger partial charge in [-0.15, -0.1) is 0 Å². The van der Waals surface area contributed by atoms with E-state index in [0.717, 1.165) is 0 Å². The van der Waals surface area contributed by atoms with Gasteiger partial charge in [0.25, 0.3) is 0 Å². The SMILES string of the molecule is COC(=O)C(CC(C)C)NC(=O)C1CCN(S(=O)(=O)c2ccc(OC)cc2)CC1. The van der Waals surface area contributed by atoms with Gasteiger partial charge in [-0.05, 0) is 49.4 Å². The molecular weight excluding hydrogens is 396 g/mol. The standard InChI is InChI=1S/C20H30N2O6S/c1-14(2)13-18(20(24)28-4)21-19(23)15-9-11-22(12-10-15)29(25,26)17-7-5-16(27-3)6-8-17/h5-8,14-15,18H,9-13H2,1-4H3,(H,21,23). The van der Waals surface area contributed by atoms with E-state index >= 15 is 0 Å². The molecule has 0 bridgehead atoms. The van der Waals surface area contributed by atoms with Crippen LogP contribution in [-0.2, 0) is 24.3 Å². The lowest BCUT2D eigenvalue weighted by atomic mass is 9.96. The minimum absolute atomic E-state index is 0.198. The normalized spacial score (nSPS) is 17.0. The van der Waals surface area contributed by atoms with E-state index < -0.39 is 22.0 Å². The van der Waals surface area contributed by atoms with Gasteiger partial charge >= 0.3 is 5.97 Å². The molecule has 1 N–H and O–H groups in total. The Balaban J connectivity index is 1.98. The van der Waals surface area contributed by atoms with Gasteiger partial charge in [0.2, 0.25) is 15.9 Å². The highest BCUT2D eigenvalue weighted by atomic mass is 32.2. The Morgan fingerprint density at radius 1 is 1.14 bits per heavy atom. The molecule has 1 aliphatic rings. The summed E-state index contributed by atoms with van der Waals surface area (Å²) in [7, 11) is -0.805. The van der Waals surface area contributed by atoms with Crippen LogP contribution < -0.4 is 10.1 Å². The summed E-state index contributed by atoms with van der Waals surface area (Å²) in [6.45, 7) is 4.42. The molecule has 9 heteroatoms. The van der Waals surface area contributed by atoms with Crippen molar-refractivity contribution in [3.05, 3.63) is 24.3 Å². The number of carbonyl (C=O) groups excluding carboxylic acids is 2. The summed E-state index contributed by atoms with van der Waals surface area (Å²) >= 11 is 0. The molecule has 1 amide bonds. The highest BCUT2D eigenvalue weighted by Crippen LogP contribution is 2.25. The molecule has 1 aromatic rings. The monoisotopic (exact) mass is 426 g/mol. The van der Waals surface area contributed by atoms with Crippen LogP contribution in [0.1, 0.15) is 33.1 Å². The maximum absolute atomic E-state index is 12.8. The molecule has 1 atom stereocenters. The first-order chi connectivity index (χ1) is 13.7. The van der Waals surface area contributed by atoms with E-state index in [2.05, 4.69) is 5.32 Å². The Bertz CT molecular complexity index is 799. The number of esters is 1. The Labute approximate surface area is 172 Å². The fraction of sp³-hybridized carbons (Fsp3) is 0.600. The van der Waals surface area contributed by atoms with E-state index in [0.29, 0.717) is 25.0 Å². The fourth-order valence-corrected chi connectivity index (χ4v) is 4.84. The van der Waals surface area contributed by atoms with Gasteiger partial charge in [0.05, 0.1) is 19.1 Å². The van der Waals surface area contributed by atoms with E-state index in [-0.39, 0.29) is 35.7 Å². The van der Waals surface area contributed by atoms with Crippen LogP contribution in [0.4, 0.5) is 0 Å². The predicted molar refractivity (Wildman–Crippen MR) is 108 cm³/mol. The molecule has 1 fully saturated rings. The minimum Gasteiger partial charge on any atom is -0.497 e. The lowest BCUT2D eigenvalue weighted by Gasteiger charge is -2.31. The number of sulfonamides is 1. The van der Waals surface area contributed by atoms with Crippen LogP contribution >= 0.6 is 0 Å². The number of carbonyl (C=O) groups is 2. The number of hydrogen-bond donors (Lipinski definition) is 1. The fourth-order valence-electron chi connectivity index (χ4n) is 3.37. The van der Waals surface area contributed by atoms with Gasteiger partial charge in [-0.2, -0.15) is 4.31 Å². The number of methoxy groups -OCH3 is 2. The second-order valence-electron chi connectivity index (χ2n) is 7.57. The summed E-state index contributed by atoms with van der Waals surface area (Å²) in [5.74, 6) is -0.234. The second-order valence-corrected chi connectivity index (χ2v) is 9.51. The topological polar surface area (TPSA) is 102 Å². The van der Waals surface area contributed by atoms with E-state index in [9.17, 15) is 18.0 Å². The minimum atomic E-state index is -3.62. The summed E-state index contributed by atoms with van der Waals surface area (Å²) < 4.78 is 36.9. The Morgan fingerprint density at radius 2 is 1.72 bits per heavy atom. The Morgan fingerprint density at radius 3 is 2.21 bits per heavy atom. The Hall–Kier alpha value is -2.13. The maximum atomic E-state index is 12.8. The number of rotatable bonds is 8. The van der Waals surface area contributed by atoms with Crippen LogP contribution in [0.25, 0.3) is 0 Å². The van der Waals surface area contributed by atoms with Crippen molar-refractivity contribution in [2.24, 2.45) is 11.8 Å². The predicted octanol–water partition coefficient (Wildman–Crippen LogP) is 1.80. The number of nitrogens with zero attached hydrogens (tertiary/aromatic N) is 1. The highest BCUT2D eigenvalue weighted by Gasteiger charge is 2.33. The number of amides is 1. The van der Waals surface area contributed by atoms with Crippen LogP contribution in [0.15, 0.2) is 29.2 Å².